The second kappa shape index (κ2) is 8.29. The molecule has 2 amide bonds. The van der Waals surface area contributed by atoms with E-state index in [0.29, 0.717) is 41.6 Å². The van der Waals surface area contributed by atoms with Gasteiger partial charge < -0.3 is 15.2 Å². The maximum atomic E-state index is 12.6. The van der Waals surface area contributed by atoms with Crippen LogP contribution in [0.5, 0.6) is 0 Å². The summed E-state index contributed by atoms with van der Waals surface area (Å²) in [5.74, 6) is -0.123. The number of aromatic nitrogens is 1. The monoisotopic (exact) mass is 348 g/mol. The van der Waals surface area contributed by atoms with Crippen LogP contribution in [-0.4, -0.2) is 53.7 Å². The lowest BCUT2D eigenvalue weighted by atomic mass is 10.2. The van der Waals surface area contributed by atoms with Gasteiger partial charge in [-0.15, -0.1) is 0 Å². The molecule has 2 N–H and O–H groups in total. The smallest absolute Gasteiger partial charge is 0.242 e. The third kappa shape index (κ3) is 3.76. The molecule has 7 nitrogen and oxygen atoms in total. The van der Waals surface area contributed by atoms with Gasteiger partial charge in [0.25, 0.3) is 0 Å². The molecule has 1 aliphatic rings. The summed E-state index contributed by atoms with van der Waals surface area (Å²) in [4.78, 5) is 37.3. The van der Waals surface area contributed by atoms with Gasteiger partial charge in [-0.1, -0.05) is 6.92 Å². The zero-order valence-corrected chi connectivity index (χ0v) is 15.5. The summed E-state index contributed by atoms with van der Waals surface area (Å²) in [5.41, 5.74) is 2.38. The number of likely N-dealkylation sites (N-methyl/N-ethyl adjacent to an activating group) is 1. The highest BCUT2D eigenvalue weighted by molar-refractivity contribution is 5.87. The summed E-state index contributed by atoms with van der Waals surface area (Å²) in [6, 6.07) is -0.149. The van der Waals surface area contributed by atoms with Gasteiger partial charge in [-0.05, 0) is 46.7 Å². The first kappa shape index (κ1) is 19.2. The zero-order chi connectivity index (χ0) is 18.6. The van der Waals surface area contributed by atoms with Crippen LogP contribution in [0.4, 0.5) is 5.69 Å². The lowest BCUT2D eigenvalue weighted by Gasteiger charge is -2.24. The molecule has 1 fully saturated rings. The van der Waals surface area contributed by atoms with Crippen molar-refractivity contribution in [2.75, 3.05) is 25.0 Å². The predicted molar refractivity (Wildman–Crippen MR) is 97.0 cm³/mol. The van der Waals surface area contributed by atoms with E-state index in [4.69, 9.17) is 0 Å². The van der Waals surface area contributed by atoms with Gasteiger partial charge in [0.2, 0.25) is 12.3 Å². The molecule has 7 heteroatoms. The van der Waals surface area contributed by atoms with Crippen LogP contribution in [-0.2, 0) is 9.59 Å². The molecule has 25 heavy (non-hydrogen) atoms. The maximum Gasteiger partial charge on any atom is 0.242 e. The van der Waals surface area contributed by atoms with E-state index in [2.05, 4.69) is 22.5 Å². The summed E-state index contributed by atoms with van der Waals surface area (Å²) in [6.07, 6.45) is 3.57. The summed E-state index contributed by atoms with van der Waals surface area (Å²) in [5, 5.41) is 5.64. The van der Waals surface area contributed by atoms with Crippen molar-refractivity contribution in [3.05, 3.63) is 17.0 Å². The number of aldehydes is 1. The molecule has 1 aromatic heterocycles. The topological polar surface area (TPSA) is 83.4 Å². The Morgan fingerprint density at radius 1 is 1.36 bits per heavy atom. The van der Waals surface area contributed by atoms with Crippen LogP contribution >= 0.6 is 0 Å². The molecular weight excluding hydrogens is 320 g/mol. The van der Waals surface area contributed by atoms with Gasteiger partial charge in [0.15, 0.2) is 6.29 Å². The van der Waals surface area contributed by atoms with Crippen LogP contribution in [0.15, 0.2) is 0 Å². The number of nitrogens with one attached hydrogen (secondary N) is 2. The van der Waals surface area contributed by atoms with E-state index in [1.807, 2.05) is 0 Å². The Kier molecular flexibility index (Phi) is 6.36. The van der Waals surface area contributed by atoms with Gasteiger partial charge >= 0.3 is 0 Å². The standard InChI is InChI=1S/C18H28N4O3/c1-5-21-8-6-7-15(21)9-19-18(25)14(4)22-13(3)17(20-11-24)12(2)16(22)10-23/h10-11,14-15H,5-9H2,1-4H3,(H,19,25)(H,20,24). The molecule has 2 atom stereocenters. The number of likely N-dealkylation sites (tertiary alicyclic amines) is 1. The number of hydrogen-bond acceptors (Lipinski definition) is 4. The summed E-state index contributed by atoms with van der Waals surface area (Å²) in [6.45, 7) is 10.2. The molecule has 2 rings (SSSR count). The van der Waals surface area contributed by atoms with E-state index in [9.17, 15) is 14.4 Å². The molecule has 0 radical (unpaired) electrons. The second-order valence-corrected chi connectivity index (χ2v) is 6.57. The maximum absolute atomic E-state index is 12.6. The Labute approximate surface area is 148 Å². The molecule has 1 aromatic rings. The van der Waals surface area contributed by atoms with Gasteiger partial charge in [0, 0.05) is 23.8 Å². The van der Waals surface area contributed by atoms with Crippen LogP contribution in [0.3, 0.4) is 0 Å². The molecular formula is C18H28N4O3. The van der Waals surface area contributed by atoms with E-state index in [1.54, 1.807) is 25.3 Å². The Bertz CT molecular complexity index is 653. The molecule has 1 saturated heterocycles. The number of amides is 2. The fourth-order valence-electron chi connectivity index (χ4n) is 3.82. The number of carbonyl (C=O) groups is 3. The molecule has 138 valence electrons. The predicted octanol–water partition coefficient (Wildman–Crippen LogP) is 1.65. The molecule has 0 aliphatic carbocycles. The van der Waals surface area contributed by atoms with Gasteiger partial charge in [-0.2, -0.15) is 0 Å². The summed E-state index contributed by atoms with van der Waals surface area (Å²) in [7, 11) is 0. The molecule has 0 spiro atoms. The van der Waals surface area contributed by atoms with Crippen molar-refractivity contribution in [3.8, 4) is 0 Å². The fraction of sp³-hybridized carbons (Fsp3) is 0.611. The number of nitrogens with zero attached hydrogens (tertiary/aromatic N) is 2. The van der Waals surface area contributed by atoms with Crippen LogP contribution < -0.4 is 10.6 Å². The largest absolute Gasteiger partial charge is 0.353 e. The van der Waals surface area contributed by atoms with Gasteiger partial charge in [0.1, 0.15) is 6.04 Å². The van der Waals surface area contributed by atoms with Crippen LogP contribution in [0.25, 0.3) is 0 Å². The van der Waals surface area contributed by atoms with Crippen molar-refractivity contribution < 1.29 is 14.4 Å². The van der Waals surface area contributed by atoms with Gasteiger partial charge in [-0.3, -0.25) is 19.3 Å². The number of carbonyl (C=O) groups excluding carboxylic acids is 3. The highest BCUT2D eigenvalue weighted by Crippen LogP contribution is 2.29. The number of rotatable bonds is 8. The van der Waals surface area contributed by atoms with Crippen molar-refractivity contribution >= 4 is 24.3 Å². The Morgan fingerprint density at radius 2 is 2.08 bits per heavy atom. The molecule has 0 saturated carbocycles. The third-order valence-electron chi connectivity index (χ3n) is 5.24. The minimum absolute atomic E-state index is 0.123. The van der Waals surface area contributed by atoms with Crippen LogP contribution in [0.2, 0.25) is 0 Å². The minimum atomic E-state index is -0.530. The molecule has 0 aromatic carbocycles. The lowest BCUT2D eigenvalue weighted by molar-refractivity contribution is -0.124. The SMILES string of the molecule is CCN1CCCC1CNC(=O)C(C)n1c(C)c(NC=O)c(C)c1C=O. The van der Waals surface area contributed by atoms with Crippen molar-refractivity contribution in [1.29, 1.82) is 0 Å². The first-order valence-corrected chi connectivity index (χ1v) is 8.84. The first-order chi connectivity index (χ1) is 12.0. The number of anilines is 1. The average Bonchev–Trinajstić information content (AvgIpc) is 3.16. The van der Waals surface area contributed by atoms with E-state index in [1.165, 1.54) is 0 Å². The molecule has 0 bridgehead atoms. The molecule has 2 unspecified atom stereocenters. The van der Waals surface area contributed by atoms with Crippen molar-refractivity contribution in [3.63, 3.8) is 0 Å². The van der Waals surface area contributed by atoms with Crippen molar-refractivity contribution in [2.45, 2.75) is 52.6 Å². The van der Waals surface area contributed by atoms with E-state index in [-0.39, 0.29) is 5.91 Å². The lowest BCUT2D eigenvalue weighted by Crippen LogP contribution is -2.42. The van der Waals surface area contributed by atoms with Crippen LogP contribution in [0.1, 0.15) is 54.5 Å². The van der Waals surface area contributed by atoms with Gasteiger partial charge in [0.05, 0.1) is 11.4 Å². The van der Waals surface area contributed by atoms with Crippen molar-refractivity contribution in [1.82, 2.24) is 14.8 Å². The first-order valence-electron chi connectivity index (χ1n) is 8.84. The third-order valence-corrected chi connectivity index (χ3v) is 5.24. The normalized spacial score (nSPS) is 18.8. The van der Waals surface area contributed by atoms with Crippen LogP contribution in [0, 0.1) is 13.8 Å². The summed E-state index contributed by atoms with van der Waals surface area (Å²) < 4.78 is 1.69. The van der Waals surface area contributed by atoms with E-state index in [0.717, 1.165) is 32.2 Å². The quantitative estimate of drug-likeness (QED) is 0.700. The highest BCUT2D eigenvalue weighted by Gasteiger charge is 2.27. The van der Waals surface area contributed by atoms with E-state index < -0.39 is 6.04 Å². The highest BCUT2D eigenvalue weighted by atomic mass is 16.2. The Balaban J connectivity index is 2.15. The molecule has 1 aliphatic heterocycles. The average molecular weight is 348 g/mol. The minimum Gasteiger partial charge on any atom is -0.353 e. The van der Waals surface area contributed by atoms with Crippen molar-refractivity contribution in [2.24, 2.45) is 0 Å². The van der Waals surface area contributed by atoms with Gasteiger partial charge in [-0.25, -0.2) is 0 Å². The second-order valence-electron chi connectivity index (χ2n) is 6.57. The number of hydrogen-bond donors (Lipinski definition) is 2. The Hall–Kier alpha value is -2.15. The fourth-order valence-corrected chi connectivity index (χ4v) is 3.82. The zero-order valence-electron chi connectivity index (χ0n) is 15.5. The van der Waals surface area contributed by atoms with E-state index >= 15 is 0 Å². The Morgan fingerprint density at radius 3 is 2.68 bits per heavy atom. The summed E-state index contributed by atoms with van der Waals surface area (Å²) >= 11 is 0. The molecule has 2 heterocycles.